The van der Waals surface area contributed by atoms with Gasteiger partial charge in [-0.05, 0) is 45.0 Å². The molecule has 0 aliphatic rings. The zero-order valence-electron chi connectivity index (χ0n) is 13.2. The minimum atomic E-state index is -3.79. The van der Waals surface area contributed by atoms with Crippen LogP contribution in [0.2, 0.25) is 0 Å². The standard InChI is InChI=1S/C14H19FN4O3S/c1-4-19-13(16-17-14(19)22-5-2)10(3)18-23(20,21)12-8-6-11(15)7-9-12/h6-10,18H,4-5H2,1-3H3/t10-/m1/s1. The first-order valence-electron chi connectivity index (χ1n) is 7.22. The average Bonchev–Trinajstić information content (AvgIpc) is 2.90. The fourth-order valence-corrected chi connectivity index (χ4v) is 3.32. The van der Waals surface area contributed by atoms with Gasteiger partial charge in [-0.1, -0.05) is 5.10 Å². The van der Waals surface area contributed by atoms with Crippen LogP contribution in [0.3, 0.4) is 0 Å². The van der Waals surface area contributed by atoms with Crippen LogP contribution in [0.25, 0.3) is 0 Å². The van der Waals surface area contributed by atoms with Gasteiger partial charge in [-0.3, -0.25) is 4.57 Å². The Kier molecular flexibility index (Phi) is 5.32. The molecular formula is C14H19FN4O3S. The summed E-state index contributed by atoms with van der Waals surface area (Å²) < 4.78 is 47.2. The average molecular weight is 342 g/mol. The van der Waals surface area contributed by atoms with E-state index in [0.717, 1.165) is 12.1 Å². The van der Waals surface area contributed by atoms with Crippen LogP contribution < -0.4 is 9.46 Å². The van der Waals surface area contributed by atoms with Crippen molar-refractivity contribution in [2.24, 2.45) is 0 Å². The van der Waals surface area contributed by atoms with Crippen LogP contribution in [0.15, 0.2) is 29.2 Å². The number of sulfonamides is 1. The molecule has 0 fully saturated rings. The highest BCUT2D eigenvalue weighted by Crippen LogP contribution is 2.19. The summed E-state index contributed by atoms with van der Waals surface area (Å²) in [6.45, 7) is 6.35. The van der Waals surface area contributed by atoms with Crippen LogP contribution >= 0.6 is 0 Å². The molecule has 2 aromatic rings. The molecule has 0 saturated carbocycles. The Balaban J connectivity index is 2.24. The molecule has 0 spiro atoms. The quantitative estimate of drug-likeness (QED) is 0.830. The Hall–Kier alpha value is -2.00. The SMILES string of the molecule is CCOc1nnc([C@@H](C)NS(=O)(=O)c2ccc(F)cc2)n1CC. The first-order valence-corrected chi connectivity index (χ1v) is 8.71. The molecular weight excluding hydrogens is 323 g/mol. The van der Waals surface area contributed by atoms with Gasteiger partial charge >= 0.3 is 6.01 Å². The number of ether oxygens (including phenoxy) is 1. The Labute approximate surface area is 134 Å². The van der Waals surface area contributed by atoms with E-state index in [9.17, 15) is 12.8 Å². The molecule has 9 heteroatoms. The zero-order chi connectivity index (χ0) is 17.0. The van der Waals surface area contributed by atoms with Crippen molar-refractivity contribution in [2.75, 3.05) is 6.61 Å². The number of nitrogens with one attached hydrogen (secondary N) is 1. The van der Waals surface area contributed by atoms with E-state index in [1.807, 2.05) is 13.8 Å². The topological polar surface area (TPSA) is 86.1 Å². The minimum absolute atomic E-state index is 0.0154. The van der Waals surface area contributed by atoms with Crippen LogP contribution in [0, 0.1) is 5.82 Å². The van der Waals surface area contributed by atoms with E-state index in [-0.39, 0.29) is 4.90 Å². The number of nitrogens with zero attached hydrogens (tertiary/aromatic N) is 3. The van der Waals surface area contributed by atoms with Crippen LogP contribution in [0.5, 0.6) is 6.01 Å². The maximum absolute atomic E-state index is 12.9. The molecule has 1 atom stereocenters. The van der Waals surface area contributed by atoms with E-state index in [0.29, 0.717) is 25.0 Å². The molecule has 1 aromatic heterocycles. The lowest BCUT2D eigenvalue weighted by Crippen LogP contribution is -2.29. The molecule has 1 N–H and O–H groups in total. The third-order valence-electron chi connectivity index (χ3n) is 3.18. The largest absolute Gasteiger partial charge is 0.464 e. The van der Waals surface area contributed by atoms with Crippen molar-refractivity contribution < 1.29 is 17.5 Å². The molecule has 0 saturated heterocycles. The normalized spacial score (nSPS) is 13.0. The maximum Gasteiger partial charge on any atom is 0.316 e. The van der Waals surface area contributed by atoms with E-state index in [1.165, 1.54) is 12.1 Å². The van der Waals surface area contributed by atoms with Crippen molar-refractivity contribution >= 4 is 10.0 Å². The summed E-state index contributed by atoms with van der Waals surface area (Å²) >= 11 is 0. The Morgan fingerprint density at radius 2 is 1.91 bits per heavy atom. The Bertz CT molecular complexity index is 759. The smallest absolute Gasteiger partial charge is 0.316 e. The van der Waals surface area contributed by atoms with Crippen molar-refractivity contribution in [3.05, 3.63) is 35.9 Å². The van der Waals surface area contributed by atoms with Crippen molar-refractivity contribution in [2.45, 2.75) is 38.3 Å². The van der Waals surface area contributed by atoms with Crippen LogP contribution in [0.4, 0.5) is 4.39 Å². The van der Waals surface area contributed by atoms with E-state index < -0.39 is 21.9 Å². The van der Waals surface area contributed by atoms with Gasteiger partial charge in [-0.25, -0.2) is 17.5 Å². The highest BCUT2D eigenvalue weighted by Gasteiger charge is 2.23. The first-order chi connectivity index (χ1) is 10.9. The predicted molar refractivity (Wildman–Crippen MR) is 82.0 cm³/mol. The van der Waals surface area contributed by atoms with Crippen LogP contribution in [-0.2, 0) is 16.6 Å². The molecule has 1 heterocycles. The van der Waals surface area contributed by atoms with Crippen LogP contribution in [0.1, 0.15) is 32.6 Å². The van der Waals surface area contributed by atoms with Crippen LogP contribution in [-0.4, -0.2) is 29.8 Å². The molecule has 0 unspecified atom stereocenters. The Morgan fingerprint density at radius 3 is 2.48 bits per heavy atom. The van der Waals surface area contributed by atoms with Crippen molar-refractivity contribution in [1.29, 1.82) is 0 Å². The van der Waals surface area contributed by atoms with Gasteiger partial charge in [0, 0.05) is 6.54 Å². The van der Waals surface area contributed by atoms with Gasteiger partial charge in [-0.15, -0.1) is 5.10 Å². The number of halogens is 1. The molecule has 126 valence electrons. The molecule has 0 radical (unpaired) electrons. The second-order valence-corrected chi connectivity index (χ2v) is 6.53. The van der Waals surface area contributed by atoms with E-state index in [2.05, 4.69) is 14.9 Å². The second-order valence-electron chi connectivity index (χ2n) is 4.81. The summed E-state index contributed by atoms with van der Waals surface area (Å²) in [5.74, 6) is -0.0503. The van der Waals surface area contributed by atoms with Gasteiger partial charge in [0.2, 0.25) is 10.0 Å². The van der Waals surface area contributed by atoms with Gasteiger partial charge in [0.05, 0.1) is 17.5 Å². The molecule has 0 bridgehead atoms. The molecule has 1 aromatic carbocycles. The lowest BCUT2D eigenvalue weighted by atomic mass is 10.3. The fourth-order valence-electron chi connectivity index (χ4n) is 2.12. The van der Waals surface area contributed by atoms with E-state index in [4.69, 9.17) is 4.74 Å². The van der Waals surface area contributed by atoms with Crippen molar-refractivity contribution in [1.82, 2.24) is 19.5 Å². The molecule has 2 rings (SSSR count). The number of hydrogen-bond donors (Lipinski definition) is 1. The third kappa shape index (κ3) is 3.85. The molecule has 0 amide bonds. The van der Waals surface area contributed by atoms with Gasteiger partial charge in [0.25, 0.3) is 0 Å². The summed E-state index contributed by atoms with van der Waals surface area (Å²) in [5.41, 5.74) is 0. The predicted octanol–water partition coefficient (Wildman–Crippen LogP) is 1.88. The monoisotopic (exact) mass is 342 g/mol. The highest BCUT2D eigenvalue weighted by atomic mass is 32.2. The summed E-state index contributed by atoms with van der Waals surface area (Å²) in [5, 5.41) is 7.92. The molecule has 7 nitrogen and oxygen atoms in total. The second kappa shape index (κ2) is 7.05. The summed E-state index contributed by atoms with van der Waals surface area (Å²) in [6, 6.07) is 4.34. The molecule has 23 heavy (non-hydrogen) atoms. The minimum Gasteiger partial charge on any atom is -0.464 e. The first kappa shape index (κ1) is 17.4. The number of rotatable bonds is 7. The van der Waals surface area contributed by atoms with E-state index >= 15 is 0 Å². The summed E-state index contributed by atoms with van der Waals surface area (Å²) in [6.07, 6.45) is 0. The number of benzene rings is 1. The maximum atomic E-state index is 12.9. The fraction of sp³-hybridized carbons (Fsp3) is 0.429. The van der Waals surface area contributed by atoms with Gasteiger partial charge < -0.3 is 4.74 Å². The number of hydrogen-bond acceptors (Lipinski definition) is 5. The lowest BCUT2D eigenvalue weighted by molar-refractivity contribution is 0.294. The third-order valence-corrected chi connectivity index (χ3v) is 4.73. The van der Waals surface area contributed by atoms with Gasteiger partial charge in [0.1, 0.15) is 5.82 Å². The van der Waals surface area contributed by atoms with Crippen molar-refractivity contribution in [3.8, 4) is 6.01 Å². The van der Waals surface area contributed by atoms with E-state index in [1.54, 1.807) is 11.5 Å². The van der Waals surface area contributed by atoms with Gasteiger partial charge in [0.15, 0.2) is 5.82 Å². The molecule has 0 aliphatic carbocycles. The van der Waals surface area contributed by atoms with Crippen molar-refractivity contribution in [3.63, 3.8) is 0 Å². The summed E-state index contributed by atoms with van der Waals surface area (Å²) in [7, 11) is -3.79. The number of aromatic nitrogens is 3. The molecule has 0 aliphatic heterocycles. The lowest BCUT2D eigenvalue weighted by Gasteiger charge is -2.15. The Morgan fingerprint density at radius 1 is 1.26 bits per heavy atom. The highest BCUT2D eigenvalue weighted by molar-refractivity contribution is 7.89. The van der Waals surface area contributed by atoms with Gasteiger partial charge in [-0.2, -0.15) is 0 Å². The summed E-state index contributed by atoms with van der Waals surface area (Å²) in [4.78, 5) is -0.0154. The zero-order valence-corrected chi connectivity index (χ0v) is 14.0.